The van der Waals surface area contributed by atoms with Gasteiger partial charge >= 0.3 is 5.97 Å². The average molecular weight is 292 g/mol. The highest BCUT2D eigenvalue weighted by molar-refractivity contribution is 7.95. The third kappa shape index (κ3) is 2.25. The number of carboxylic acid groups (broad SMARTS) is 1. The topological polar surface area (TPSA) is 87.0 Å². The molecule has 2 aliphatic rings. The Hall–Kier alpha value is -1.99. The van der Waals surface area contributed by atoms with E-state index in [9.17, 15) is 13.2 Å². The fraction of sp³-hybridized carbons (Fsp3) is 0.231. The molecule has 6 nitrogen and oxygen atoms in total. The van der Waals surface area contributed by atoms with Crippen LogP contribution in [0, 0.1) is 0 Å². The Morgan fingerprint density at radius 1 is 1.25 bits per heavy atom. The molecule has 1 aromatic rings. The van der Waals surface area contributed by atoms with Crippen LogP contribution in [0.1, 0.15) is 11.1 Å². The van der Waals surface area contributed by atoms with Gasteiger partial charge in [-0.3, -0.25) is 4.90 Å². The Morgan fingerprint density at radius 2 is 1.85 bits per heavy atom. The average Bonchev–Trinajstić information content (AvgIpc) is 2.89. The number of rotatable bonds is 3. The maximum Gasteiger partial charge on any atom is 0.349 e. The highest BCUT2D eigenvalue weighted by atomic mass is 32.2. The normalized spacial score (nSPS) is 20.4. The van der Waals surface area contributed by atoms with E-state index in [-0.39, 0.29) is 5.71 Å². The van der Waals surface area contributed by atoms with Crippen LogP contribution >= 0.6 is 0 Å². The van der Waals surface area contributed by atoms with Gasteiger partial charge in [0.15, 0.2) is 4.91 Å². The Balaban J connectivity index is 1.77. The molecular formula is C13H12N2O4S. The zero-order chi connectivity index (χ0) is 14.3. The molecule has 0 spiro atoms. The predicted octanol–water partition coefficient (Wildman–Crippen LogP) is 0.755. The van der Waals surface area contributed by atoms with Crippen LogP contribution in [0.5, 0.6) is 0 Å². The molecule has 0 atom stereocenters. The van der Waals surface area contributed by atoms with Crippen molar-refractivity contribution < 1.29 is 18.3 Å². The second-order valence-electron chi connectivity index (χ2n) is 4.79. The van der Waals surface area contributed by atoms with E-state index >= 15 is 0 Å². The summed E-state index contributed by atoms with van der Waals surface area (Å²) >= 11 is 0. The third-order valence-electron chi connectivity index (χ3n) is 3.32. The van der Waals surface area contributed by atoms with Crippen LogP contribution < -0.4 is 0 Å². The fourth-order valence-corrected chi connectivity index (χ4v) is 3.47. The summed E-state index contributed by atoms with van der Waals surface area (Å²) in [4.78, 5) is 12.2. The lowest BCUT2D eigenvalue weighted by Crippen LogP contribution is -2.23. The van der Waals surface area contributed by atoms with E-state index in [4.69, 9.17) is 5.11 Å². The monoisotopic (exact) mass is 292 g/mol. The second kappa shape index (κ2) is 4.53. The molecule has 2 heterocycles. The number of carbonyl (C=O) groups is 1. The lowest BCUT2D eigenvalue weighted by molar-refractivity contribution is -0.131. The summed E-state index contributed by atoms with van der Waals surface area (Å²) in [6, 6.07) is 7.98. The first-order valence-corrected chi connectivity index (χ1v) is 7.48. The first-order chi connectivity index (χ1) is 9.45. The third-order valence-corrected chi connectivity index (χ3v) is 4.64. The van der Waals surface area contributed by atoms with Crippen LogP contribution in [-0.4, -0.2) is 36.6 Å². The predicted molar refractivity (Wildman–Crippen MR) is 72.6 cm³/mol. The van der Waals surface area contributed by atoms with E-state index in [0.29, 0.717) is 19.6 Å². The Bertz CT molecular complexity index is 724. The van der Waals surface area contributed by atoms with Gasteiger partial charge in [-0.05, 0) is 17.2 Å². The second-order valence-corrected chi connectivity index (χ2v) is 6.36. The molecular weight excluding hydrogens is 280 g/mol. The molecule has 3 rings (SSSR count). The highest BCUT2D eigenvalue weighted by Crippen LogP contribution is 2.24. The lowest BCUT2D eigenvalue weighted by atomic mass is 10.1. The summed E-state index contributed by atoms with van der Waals surface area (Å²) in [5.74, 6) is -1.46. The first kappa shape index (κ1) is 13.0. The number of hydrogen-bond acceptors (Lipinski definition) is 4. The number of aliphatic carboxylic acids is 1. The fourth-order valence-electron chi connectivity index (χ4n) is 2.45. The minimum atomic E-state index is -4.02. The van der Waals surface area contributed by atoms with Gasteiger partial charge < -0.3 is 5.11 Å². The molecule has 104 valence electrons. The number of hydrogen-bond donors (Lipinski definition) is 1. The van der Waals surface area contributed by atoms with E-state index in [0.717, 1.165) is 6.08 Å². The zero-order valence-corrected chi connectivity index (χ0v) is 11.3. The quantitative estimate of drug-likeness (QED) is 0.888. The standard InChI is InChI=1S/C13H12N2O4S/c16-13(17)12-5-11(14-20(12,18)19)8-15-6-9-3-1-2-4-10(9)7-15/h1-5H,6-8H2,(H,16,17). The molecule has 20 heavy (non-hydrogen) atoms. The molecule has 0 unspecified atom stereocenters. The van der Waals surface area contributed by atoms with Crippen molar-refractivity contribution in [2.45, 2.75) is 13.1 Å². The van der Waals surface area contributed by atoms with Crippen molar-refractivity contribution in [3.63, 3.8) is 0 Å². The van der Waals surface area contributed by atoms with Gasteiger partial charge in [-0.2, -0.15) is 12.8 Å². The molecule has 7 heteroatoms. The summed E-state index contributed by atoms with van der Waals surface area (Å²) in [7, 11) is -4.02. The molecule has 0 fully saturated rings. The summed E-state index contributed by atoms with van der Waals surface area (Å²) in [5, 5.41) is 8.84. The molecule has 0 saturated heterocycles. The Labute approximate surface area is 116 Å². The molecule has 0 bridgehead atoms. The van der Waals surface area contributed by atoms with Gasteiger partial charge in [0.2, 0.25) is 0 Å². The van der Waals surface area contributed by atoms with E-state index < -0.39 is 20.9 Å². The van der Waals surface area contributed by atoms with Crippen LogP contribution in [-0.2, 0) is 27.9 Å². The van der Waals surface area contributed by atoms with Gasteiger partial charge in [0, 0.05) is 19.6 Å². The van der Waals surface area contributed by atoms with Crippen LogP contribution in [0.2, 0.25) is 0 Å². The van der Waals surface area contributed by atoms with Crippen molar-refractivity contribution in [1.82, 2.24) is 4.90 Å². The number of fused-ring (bicyclic) bond motifs is 1. The molecule has 1 N–H and O–H groups in total. The summed E-state index contributed by atoms with van der Waals surface area (Å²) in [6.07, 6.45) is 1.14. The first-order valence-electron chi connectivity index (χ1n) is 6.04. The maximum absolute atomic E-state index is 11.6. The van der Waals surface area contributed by atoms with E-state index in [1.165, 1.54) is 11.1 Å². The zero-order valence-electron chi connectivity index (χ0n) is 10.5. The van der Waals surface area contributed by atoms with E-state index in [1.54, 1.807) is 0 Å². The van der Waals surface area contributed by atoms with E-state index in [2.05, 4.69) is 4.40 Å². The Morgan fingerprint density at radius 3 is 2.35 bits per heavy atom. The van der Waals surface area contributed by atoms with Gasteiger partial charge in [-0.1, -0.05) is 24.3 Å². The lowest BCUT2D eigenvalue weighted by Gasteiger charge is -2.12. The van der Waals surface area contributed by atoms with Crippen LogP contribution in [0.4, 0.5) is 0 Å². The molecule has 1 aromatic carbocycles. The molecule has 0 saturated carbocycles. The van der Waals surface area contributed by atoms with Crippen LogP contribution in [0.3, 0.4) is 0 Å². The highest BCUT2D eigenvalue weighted by Gasteiger charge is 2.31. The SMILES string of the molecule is O=C(O)C1=CC(CN2Cc3ccccc3C2)=NS1(=O)=O. The van der Waals surface area contributed by atoms with Gasteiger partial charge in [-0.15, -0.1) is 0 Å². The number of benzene rings is 1. The minimum Gasteiger partial charge on any atom is -0.477 e. The van der Waals surface area contributed by atoms with Crippen molar-refractivity contribution in [2.75, 3.05) is 6.54 Å². The van der Waals surface area contributed by atoms with Gasteiger partial charge in [-0.25, -0.2) is 4.79 Å². The number of sulfonamides is 1. The van der Waals surface area contributed by atoms with E-state index in [1.807, 2.05) is 29.2 Å². The van der Waals surface area contributed by atoms with Crippen LogP contribution in [0.25, 0.3) is 0 Å². The molecule has 0 aliphatic carbocycles. The maximum atomic E-state index is 11.6. The Kier molecular flexibility index (Phi) is 2.95. The number of carboxylic acids is 1. The summed E-state index contributed by atoms with van der Waals surface area (Å²) < 4.78 is 26.6. The largest absolute Gasteiger partial charge is 0.477 e. The minimum absolute atomic E-state index is 0.273. The van der Waals surface area contributed by atoms with Crippen molar-refractivity contribution in [3.8, 4) is 0 Å². The summed E-state index contributed by atoms with van der Waals surface area (Å²) in [6.45, 7) is 1.75. The van der Waals surface area contributed by atoms with Gasteiger partial charge in [0.25, 0.3) is 10.0 Å². The molecule has 0 amide bonds. The van der Waals surface area contributed by atoms with Gasteiger partial charge in [0.05, 0.1) is 5.71 Å². The summed E-state index contributed by atoms with van der Waals surface area (Å²) in [5.41, 5.74) is 2.68. The van der Waals surface area contributed by atoms with Gasteiger partial charge in [0.1, 0.15) is 0 Å². The van der Waals surface area contributed by atoms with Crippen molar-refractivity contribution in [1.29, 1.82) is 0 Å². The van der Waals surface area contributed by atoms with Crippen molar-refractivity contribution in [2.24, 2.45) is 4.40 Å². The molecule has 2 aliphatic heterocycles. The van der Waals surface area contributed by atoms with Crippen molar-refractivity contribution >= 4 is 21.7 Å². The smallest absolute Gasteiger partial charge is 0.349 e. The van der Waals surface area contributed by atoms with Crippen LogP contribution in [0.15, 0.2) is 39.6 Å². The van der Waals surface area contributed by atoms with Crippen molar-refractivity contribution in [3.05, 3.63) is 46.4 Å². The number of nitrogens with zero attached hydrogens (tertiary/aromatic N) is 2. The molecule has 0 radical (unpaired) electrons. The molecule has 0 aromatic heterocycles.